The molecule has 40 heavy (non-hydrogen) atoms. The van der Waals surface area contributed by atoms with Crippen LogP contribution in [0.4, 0.5) is 0 Å². The van der Waals surface area contributed by atoms with Gasteiger partial charge in [0.2, 0.25) is 0 Å². The van der Waals surface area contributed by atoms with E-state index in [0.717, 1.165) is 49.3 Å². The molecule has 5 nitrogen and oxygen atoms in total. The molecule has 2 heterocycles. The number of fused-ring (bicyclic) bond motifs is 2. The van der Waals surface area contributed by atoms with Crippen molar-refractivity contribution >= 4 is 29.2 Å². The third kappa shape index (κ3) is 5.83. The average molecular weight is 581 g/mol. The summed E-state index contributed by atoms with van der Waals surface area (Å²) in [5.74, 6) is 2.01. The van der Waals surface area contributed by atoms with Crippen LogP contribution < -0.4 is 9.47 Å². The van der Waals surface area contributed by atoms with Gasteiger partial charge in [0.25, 0.3) is 0 Å². The zero-order chi connectivity index (χ0) is 27.6. The van der Waals surface area contributed by atoms with E-state index >= 15 is 0 Å². The highest BCUT2D eigenvalue weighted by Gasteiger charge is 2.38. The third-order valence-electron chi connectivity index (χ3n) is 8.75. The molecule has 0 unspecified atom stereocenters. The molecule has 6 rings (SSSR count). The summed E-state index contributed by atoms with van der Waals surface area (Å²) in [6.45, 7) is 1.89. The highest BCUT2D eigenvalue weighted by atomic mass is 35.5. The number of methoxy groups -OCH3 is 1. The number of hydrogen-bond donors (Lipinski definition) is 0. The minimum absolute atomic E-state index is 0.127. The molecule has 7 heteroatoms. The molecule has 0 amide bonds. The van der Waals surface area contributed by atoms with Gasteiger partial charge in [-0.15, -0.1) is 0 Å². The first-order valence-corrected chi connectivity index (χ1v) is 15.0. The van der Waals surface area contributed by atoms with Crippen LogP contribution in [0.5, 0.6) is 11.5 Å². The summed E-state index contributed by atoms with van der Waals surface area (Å²) < 4.78 is 17.5. The van der Waals surface area contributed by atoms with E-state index in [9.17, 15) is 4.79 Å². The van der Waals surface area contributed by atoms with Crippen LogP contribution in [0.1, 0.15) is 65.8 Å². The van der Waals surface area contributed by atoms with E-state index in [1.165, 1.54) is 42.2 Å². The predicted molar refractivity (Wildman–Crippen MR) is 158 cm³/mol. The van der Waals surface area contributed by atoms with Crippen LogP contribution in [0.15, 0.2) is 54.6 Å². The number of nitrogens with zero attached hydrogens (tertiary/aromatic N) is 1. The van der Waals surface area contributed by atoms with Crippen LogP contribution >= 0.6 is 23.2 Å². The van der Waals surface area contributed by atoms with Gasteiger partial charge in [0.1, 0.15) is 24.1 Å². The number of rotatable bonds is 6. The Morgan fingerprint density at radius 1 is 0.925 bits per heavy atom. The molecule has 3 aromatic carbocycles. The van der Waals surface area contributed by atoms with Gasteiger partial charge in [0, 0.05) is 12.6 Å². The first kappa shape index (κ1) is 27.4. The molecular formula is C33H35Cl2NO4. The van der Waals surface area contributed by atoms with Crippen LogP contribution in [0.2, 0.25) is 10.0 Å². The first-order valence-electron chi connectivity index (χ1n) is 14.3. The molecule has 1 aliphatic carbocycles. The van der Waals surface area contributed by atoms with Crippen LogP contribution in [-0.4, -0.2) is 36.7 Å². The molecule has 0 radical (unpaired) electrons. The second-order valence-corrected chi connectivity index (χ2v) is 12.0. The molecule has 210 valence electrons. The van der Waals surface area contributed by atoms with E-state index < -0.39 is 0 Å². The number of carbonyl (C=O) groups excluding carboxylic acids is 1. The van der Waals surface area contributed by atoms with E-state index in [0.29, 0.717) is 41.6 Å². The molecule has 0 spiro atoms. The van der Waals surface area contributed by atoms with E-state index in [1.807, 2.05) is 24.3 Å². The normalized spacial score (nSPS) is 21.2. The Morgan fingerprint density at radius 2 is 1.73 bits per heavy atom. The summed E-state index contributed by atoms with van der Waals surface area (Å²) in [7, 11) is 1.50. The molecule has 1 fully saturated rings. The standard InChI is InChI=1S/C33H35Cl2NO4/c1-38-33(37)31-17-24-18-32-25(16-26(24)19-36(31)27-4-2-3-5-27)15-23(12-13-39-32)22-7-9-28(10-8-22)40-20-21-6-11-29(34)30(35)14-21/h6-11,14,16,18,23,27,31H,2-5,12-13,15,17,19-20H2,1H3/t23-,31+/m1/s1. The minimum Gasteiger partial charge on any atom is -0.493 e. The number of halogens is 2. The van der Waals surface area contributed by atoms with Crippen molar-refractivity contribution in [1.29, 1.82) is 0 Å². The zero-order valence-electron chi connectivity index (χ0n) is 22.8. The van der Waals surface area contributed by atoms with E-state index in [4.69, 9.17) is 37.4 Å². The van der Waals surface area contributed by atoms with Crippen LogP contribution in [0.3, 0.4) is 0 Å². The van der Waals surface area contributed by atoms with Gasteiger partial charge < -0.3 is 14.2 Å². The largest absolute Gasteiger partial charge is 0.493 e. The maximum atomic E-state index is 12.7. The fourth-order valence-corrected chi connectivity index (χ4v) is 6.87. The van der Waals surface area contributed by atoms with Gasteiger partial charge in [-0.05, 0) is 96.2 Å². The Labute approximate surface area is 246 Å². The summed E-state index contributed by atoms with van der Waals surface area (Å²) in [5, 5.41) is 1.07. The Morgan fingerprint density at radius 3 is 2.48 bits per heavy atom. The first-order chi connectivity index (χ1) is 19.5. The van der Waals surface area contributed by atoms with Gasteiger partial charge in [-0.3, -0.25) is 9.69 Å². The van der Waals surface area contributed by atoms with Crippen LogP contribution in [0.25, 0.3) is 0 Å². The second kappa shape index (κ2) is 12.0. The highest BCUT2D eigenvalue weighted by molar-refractivity contribution is 6.42. The fraction of sp³-hybridized carbons (Fsp3) is 0.424. The van der Waals surface area contributed by atoms with Gasteiger partial charge in [-0.2, -0.15) is 0 Å². The van der Waals surface area contributed by atoms with Gasteiger partial charge in [-0.25, -0.2) is 0 Å². The molecule has 0 N–H and O–H groups in total. The molecule has 0 saturated heterocycles. The van der Waals surface area contributed by atoms with E-state index in [-0.39, 0.29) is 12.0 Å². The smallest absolute Gasteiger partial charge is 0.323 e. The fourth-order valence-electron chi connectivity index (χ4n) is 6.55. The lowest BCUT2D eigenvalue weighted by atomic mass is 9.86. The summed E-state index contributed by atoms with van der Waals surface area (Å²) in [6, 6.07) is 18.7. The number of benzene rings is 3. The third-order valence-corrected chi connectivity index (χ3v) is 9.49. The number of carbonyl (C=O) groups is 1. The Kier molecular flexibility index (Phi) is 8.25. The monoisotopic (exact) mass is 579 g/mol. The van der Waals surface area contributed by atoms with Crippen molar-refractivity contribution in [1.82, 2.24) is 4.90 Å². The number of esters is 1. The molecule has 0 bridgehead atoms. The topological polar surface area (TPSA) is 48.0 Å². The van der Waals surface area contributed by atoms with E-state index in [2.05, 4.69) is 29.2 Å². The van der Waals surface area contributed by atoms with E-state index in [1.54, 1.807) is 6.07 Å². The minimum atomic E-state index is -0.213. The van der Waals surface area contributed by atoms with Crippen molar-refractivity contribution in [3.05, 3.63) is 92.5 Å². The Hall–Kier alpha value is -2.73. The van der Waals surface area contributed by atoms with Crippen molar-refractivity contribution in [2.45, 2.75) is 76.1 Å². The molecule has 3 aromatic rings. The number of hydrogen-bond acceptors (Lipinski definition) is 5. The maximum Gasteiger partial charge on any atom is 0.323 e. The van der Waals surface area contributed by atoms with Gasteiger partial charge in [0.15, 0.2) is 0 Å². The van der Waals surface area contributed by atoms with Crippen molar-refractivity contribution in [3.63, 3.8) is 0 Å². The summed E-state index contributed by atoms with van der Waals surface area (Å²) in [6.07, 6.45) is 7.35. The lowest BCUT2D eigenvalue weighted by Gasteiger charge is -2.39. The molecule has 2 aliphatic heterocycles. The lowest BCUT2D eigenvalue weighted by Crippen LogP contribution is -2.50. The summed E-state index contributed by atoms with van der Waals surface area (Å²) in [5.41, 5.74) is 6.05. The molecule has 0 aromatic heterocycles. The van der Waals surface area contributed by atoms with Crippen molar-refractivity contribution < 1.29 is 19.0 Å². The van der Waals surface area contributed by atoms with Gasteiger partial charge in [-0.1, -0.05) is 60.3 Å². The van der Waals surface area contributed by atoms with Crippen LogP contribution in [-0.2, 0) is 35.5 Å². The predicted octanol–water partition coefficient (Wildman–Crippen LogP) is 7.52. The Bertz CT molecular complexity index is 1370. The summed E-state index contributed by atoms with van der Waals surface area (Å²) in [4.78, 5) is 15.1. The quantitative estimate of drug-likeness (QED) is 0.282. The average Bonchev–Trinajstić information content (AvgIpc) is 3.43. The second-order valence-electron chi connectivity index (χ2n) is 11.2. The summed E-state index contributed by atoms with van der Waals surface area (Å²) >= 11 is 12.2. The lowest BCUT2D eigenvalue weighted by molar-refractivity contribution is -0.148. The molecule has 3 aliphatic rings. The molecule has 1 saturated carbocycles. The highest BCUT2D eigenvalue weighted by Crippen LogP contribution is 2.39. The van der Waals surface area contributed by atoms with Gasteiger partial charge >= 0.3 is 5.97 Å². The van der Waals surface area contributed by atoms with Crippen molar-refractivity contribution in [3.8, 4) is 11.5 Å². The SMILES string of the molecule is COC(=O)[C@@H]1Cc2cc3c(cc2CN1C1CCCC1)C[C@H](c1ccc(OCc2ccc(Cl)c(Cl)c2)cc1)CCO3. The maximum absolute atomic E-state index is 12.7. The zero-order valence-corrected chi connectivity index (χ0v) is 24.3. The Balaban J connectivity index is 1.17. The molecular weight excluding hydrogens is 545 g/mol. The van der Waals surface area contributed by atoms with Crippen LogP contribution in [0, 0.1) is 0 Å². The molecule has 2 atom stereocenters. The van der Waals surface area contributed by atoms with Gasteiger partial charge in [0.05, 0.1) is 23.8 Å². The van der Waals surface area contributed by atoms with Crippen molar-refractivity contribution in [2.24, 2.45) is 0 Å². The van der Waals surface area contributed by atoms with Crippen molar-refractivity contribution in [2.75, 3.05) is 13.7 Å². The number of ether oxygens (including phenoxy) is 3.